The molecule has 0 saturated heterocycles. The van der Waals surface area contributed by atoms with Crippen molar-refractivity contribution in [1.29, 1.82) is 5.26 Å². The molecule has 0 bridgehead atoms. The minimum atomic E-state index is -0.221. The zero-order chi connectivity index (χ0) is 15.5. The number of nitrogens with one attached hydrogen (secondary N) is 1. The van der Waals surface area contributed by atoms with Gasteiger partial charge in [-0.25, -0.2) is 0 Å². The zero-order valence-corrected chi connectivity index (χ0v) is 12.3. The second-order valence-corrected chi connectivity index (χ2v) is 4.87. The Bertz CT molecular complexity index is 477. The summed E-state index contributed by atoms with van der Waals surface area (Å²) in [5.41, 5.74) is 0.412. The van der Waals surface area contributed by atoms with Crippen molar-refractivity contribution < 1.29 is 14.6 Å². The number of carbonyl (C=O) groups is 1. The molecule has 1 aromatic rings. The molecule has 0 heterocycles. The molecule has 114 valence electrons. The van der Waals surface area contributed by atoms with E-state index in [0.717, 1.165) is 12.8 Å². The van der Waals surface area contributed by atoms with E-state index in [2.05, 4.69) is 12.2 Å². The van der Waals surface area contributed by atoms with Crippen molar-refractivity contribution in [2.45, 2.75) is 26.2 Å². The summed E-state index contributed by atoms with van der Waals surface area (Å²) < 4.78 is 5.36. The monoisotopic (exact) mass is 290 g/mol. The molecule has 0 spiro atoms. The number of carbonyl (C=O) groups excluding carboxylic acids is 1. The van der Waals surface area contributed by atoms with Gasteiger partial charge in [0.1, 0.15) is 11.8 Å². The van der Waals surface area contributed by atoms with Crippen LogP contribution in [-0.2, 0) is 4.79 Å². The number of rotatable bonds is 9. The summed E-state index contributed by atoms with van der Waals surface area (Å²) >= 11 is 0. The van der Waals surface area contributed by atoms with Gasteiger partial charge in [0, 0.05) is 13.2 Å². The third kappa shape index (κ3) is 6.28. The molecule has 1 amide bonds. The summed E-state index contributed by atoms with van der Waals surface area (Å²) in [5, 5.41) is 20.7. The van der Waals surface area contributed by atoms with Gasteiger partial charge in [-0.15, -0.1) is 0 Å². The summed E-state index contributed by atoms with van der Waals surface area (Å²) in [4.78, 5) is 11.7. The summed E-state index contributed by atoms with van der Waals surface area (Å²) in [7, 11) is 0. The van der Waals surface area contributed by atoms with Crippen molar-refractivity contribution in [2.24, 2.45) is 5.92 Å². The smallest absolute Gasteiger partial charge is 0.257 e. The van der Waals surface area contributed by atoms with Crippen LogP contribution in [0.5, 0.6) is 5.75 Å². The number of nitrogens with zero attached hydrogens (tertiary/aromatic N) is 1. The Morgan fingerprint density at radius 2 is 2.19 bits per heavy atom. The highest BCUT2D eigenvalue weighted by Gasteiger charge is 2.10. The Labute approximate surface area is 125 Å². The number of aliphatic hydroxyl groups excluding tert-OH is 1. The molecule has 21 heavy (non-hydrogen) atoms. The lowest BCUT2D eigenvalue weighted by molar-refractivity contribution is -0.123. The van der Waals surface area contributed by atoms with Crippen LogP contribution in [0.1, 0.15) is 31.7 Å². The molecule has 0 fully saturated rings. The molecular formula is C16H22N2O3. The minimum absolute atomic E-state index is 0.114. The molecule has 0 aromatic heterocycles. The molecule has 0 unspecified atom stereocenters. The van der Waals surface area contributed by atoms with Crippen LogP contribution in [0.25, 0.3) is 0 Å². The van der Waals surface area contributed by atoms with Crippen molar-refractivity contribution in [3.8, 4) is 11.8 Å². The number of benzene rings is 1. The van der Waals surface area contributed by atoms with E-state index in [1.165, 1.54) is 0 Å². The van der Waals surface area contributed by atoms with Crippen LogP contribution in [0.3, 0.4) is 0 Å². The highest BCUT2D eigenvalue weighted by atomic mass is 16.5. The molecule has 0 aliphatic carbocycles. The van der Waals surface area contributed by atoms with Crippen LogP contribution in [0, 0.1) is 17.2 Å². The maximum absolute atomic E-state index is 11.7. The fraction of sp³-hybridized carbons (Fsp3) is 0.500. The molecule has 1 atom stereocenters. The van der Waals surface area contributed by atoms with Gasteiger partial charge >= 0.3 is 0 Å². The SMILES string of the molecule is CCC[C@@H](CCO)CNC(=O)COc1ccccc1C#N. The number of nitriles is 1. The van der Waals surface area contributed by atoms with Crippen LogP contribution in [-0.4, -0.2) is 30.8 Å². The fourth-order valence-corrected chi connectivity index (χ4v) is 2.08. The standard InChI is InChI=1S/C16H22N2O3/c1-2-5-13(8-9-19)11-18-16(20)12-21-15-7-4-3-6-14(15)10-17/h3-4,6-7,13,19H,2,5,8-9,11-12H2,1H3,(H,18,20)/t13-/m0/s1. The highest BCUT2D eigenvalue weighted by Crippen LogP contribution is 2.16. The molecule has 1 rings (SSSR count). The molecule has 1 aromatic carbocycles. The van der Waals surface area contributed by atoms with Crippen LogP contribution in [0.4, 0.5) is 0 Å². The lowest BCUT2D eigenvalue weighted by Gasteiger charge is -2.16. The number of hydrogen-bond donors (Lipinski definition) is 2. The molecule has 0 aliphatic rings. The van der Waals surface area contributed by atoms with Gasteiger partial charge in [0.15, 0.2) is 6.61 Å². The minimum Gasteiger partial charge on any atom is -0.482 e. The molecule has 5 heteroatoms. The molecular weight excluding hydrogens is 268 g/mol. The van der Waals surface area contributed by atoms with Crippen molar-refractivity contribution in [2.75, 3.05) is 19.8 Å². The first-order chi connectivity index (χ1) is 10.2. The van der Waals surface area contributed by atoms with E-state index in [9.17, 15) is 4.79 Å². The van der Waals surface area contributed by atoms with Gasteiger partial charge in [-0.2, -0.15) is 5.26 Å². The third-order valence-electron chi connectivity index (χ3n) is 3.19. The second kappa shape index (κ2) is 9.78. The predicted octanol–water partition coefficient (Wildman–Crippen LogP) is 1.85. The lowest BCUT2D eigenvalue weighted by atomic mass is 10.0. The van der Waals surface area contributed by atoms with E-state index in [0.29, 0.717) is 24.3 Å². The first kappa shape index (κ1) is 17.0. The highest BCUT2D eigenvalue weighted by molar-refractivity contribution is 5.77. The van der Waals surface area contributed by atoms with Gasteiger partial charge in [0.2, 0.25) is 0 Å². The van der Waals surface area contributed by atoms with E-state index in [1.54, 1.807) is 24.3 Å². The molecule has 0 radical (unpaired) electrons. The topological polar surface area (TPSA) is 82.3 Å². The van der Waals surface area contributed by atoms with Crippen molar-refractivity contribution in [3.63, 3.8) is 0 Å². The number of para-hydroxylation sites is 1. The molecule has 2 N–H and O–H groups in total. The number of amides is 1. The van der Waals surface area contributed by atoms with Gasteiger partial charge in [0.05, 0.1) is 5.56 Å². The number of aliphatic hydroxyl groups is 1. The average molecular weight is 290 g/mol. The van der Waals surface area contributed by atoms with Crippen LogP contribution >= 0.6 is 0 Å². The third-order valence-corrected chi connectivity index (χ3v) is 3.19. The van der Waals surface area contributed by atoms with Crippen LogP contribution in [0.15, 0.2) is 24.3 Å². The molecule has 5 nitrogen and oxygen atoms in total. The Kier molecular flexibility index (Phi) is 7.92. The van der Waals surface area contributed by atoms with Gasteiger partial charge < -0.3 is 15.2 Å². The Morgan fingerprint density at radius 1 is 1.43 bits per heavy atom. The van der Waals surface area contributed by atoms with Crippen LogP contribution in [0.2, 0.25) is 0 Å². The average Bonchev–Trinajstić information content (AvgIpc) is 2.51. The summed E-state index contributed by atoms with van der Waals surface area (Å²) in [6.45, 7) is 2.63. The van der Waals surface area contributed by atoms with Gasteiger partial charge in [-0.1, -0.05) is 25.5 Å². The normalized spacial score (nSPS) is 11.5. The molecule has 0 aliphatic heterocycles. The van der Waals surface area contributed by atoms with E-state index in [-0.39, 0.29) is 25.0 Å². The first-order valence-corrected chi connectivity index (χ1v) is 7.20. The first-order valence-electron chi connectivity index (χ1n) is 7.20. The maximum atomic E-state index is 11.7. The summed E-state index contributed by atoms with van der Waals surface area (Å²) in [6, 6.07) is 8.83. The predicted molar refractivity (Wildman–Crippen MR) is 79.8 cm³/mol. The second-order valence-electron chi connectivity index (χ2n) is 4.87. The number of hydrogen-bond acceptors (Lipinski definition) is 4. The lowest BCUT2D eigenvalue weighted by Crippen LogP contribution is -2.33. The Morgan fingerprint density at radius 3 is 2.86 bits per heavy atom. The zero-order valence-electron chi connectivity index (χ0n) is 12.3. The summed E-state index contributed by atoms with van der Waals surface area (Å²) in [6.07, 6.45) is 2.68. The Hall–Kier alpha value is -2.06. The van der Waals surface area contributed by atoms with E-state index in [1.807, 2.05) is 6.07 Å². The molecule has 0 saturated carbocycles. The van der Waals surface area contributed by atoms with Crippen molar-refractivity contribution >= 4 is 5.91 Å². The fourth-order valence-electron chi connectivity index (χ4n) is 2.08. The van der Waals surface area contributed by atoms with Gasteiger partial charge in [0.25, 0.3) is 5.91 Å². The number of ether oxygens (including phenoxy) is 1. The quantitative estimate of drug-likeness (QED) is 0.727. The summed E-state index contributed by atoms with van der Waals surface area (Å²) in [5.74, 6) is 0.479. The van der Waals surface area contributed by atoms with E-state index in [4.69, 9.17) is 15.1 Å². The van der Waals surface area contributed by atoms with Gasteiger partial charge in [-0.3, -0.25) is 4.79 Å². The van der Waals surface area contributed by atoms with E-state index >= 15 is 0 Å². The van der Waals surface area contributed by atoms with Gasteiger partial charge in [-0.05, 0) is 30.9 Å². The largest absolute Gasteiger partial charge is 0.482 e. The Balaban J connectivity index is 2.38. The van der Waals surface area contributed by atoms with Crippen molar-refractivity contribution in [3.05, 3.63) is 29.8 Å². The van der Waals surface area contributed by atoms with Crippen molar-refractivity contribution in [1.82, 2.24) is 5.32 Å². The maximum Gasteiger partial charge on any atom is 0.257 e. The van der Waals surface area contributed by atoms with E-state index < -0.39 is 0 Å². The van der Waals surface area contributed by atoms with Crippen LogP contribution < -0.4 is 10.1 Å².